The molecule has 3 aromatic carbocycles. The highest BCUT2D eigenvalue weighted by molar-refractivity contribution is 5.76. The topological polar surface area (TPSA) is 258 Å². The normalized spacial score (nSPS) is 9.91. The third kappa shape index (κ3) is 12.6. The number of hydrogen-bond donors (Lipinski definition) is 8. The van der Waals surface area contributed by atoms with Crippen LogP contribution in [-0.2, 0) is 25.7 Å². The van der Waals surface area contributed by atoms with E-state index < -0.39 is 0 Å². The Labute approximate surface area is 270 Å². The molecule has 0 aromatic heterocycles. The molecular formula is C34H42N12. The van der Waals surface area contributed by atoms with Gasteiger partial charge in [0.25, 0.3) is 0 Å². The van der Waals surface area contributed by atoms with Crippen LogP contribution in [0.4, 0.5) is 0 Å². The maximum atomic E-state index is 5.51. The molecule has 12 nitrogen and oxygen atoms in total. The van der Waals surface area contributed by atoms with Crippen LogP contribution in [0, 0.1) is 23.7 Å². The van der Waals surface area contributed by atoms with E-state index in [1.165, 1.54) is 0 Å². The summed E-state index contributed by atoms with van der Waals surface area (Å²) in [6, 6.07) is 20.0. The quantitative estimate of drug-likeness (QED) is 0.0760. The maximum absolute atomic E-state index is 5.51. The van der Waals surface area contributed by atoms with Gasteiger partial charge in [-0.2, -0.15) is 0 Å². The zero-order valence-electron chi connectivity index (χ0n) is 25.8. The predicted molar refractivity (Wildman–Crippen MR) is 189 cm³/mol. The van der Waals surface area contributed by atoms with Crippen LogP contribution >= 0.6 is 0 Å². The van der Waals surface area contributed by atoms with E-state index in [1.54, 1.807) is 0 Å². The second kappa shape index (κ2) is 17.9. The Hall–Kier alpha value is -6.14. The summed E-state index contributed by atoms with van der Waals surface area (Å²) in [5.41, 5.74) is 51.8. The maximum Gasteiger partial charge on any atom is 0.185 e. The second-order valence-corrected chi connectivity index (χ2v) is 10.3. The van der Waals surface area contributed by atoms with Crippen LogP contribution in [-0.4, -0.2) is 50.0 Å². The van der Waals surface area contributed by atoms with Gasteiger partial charge in [-0.25, -0.2) is 0 Å². The lowest BCUT2D eigenvalue weighted by Gasteiger charge is -2.09. The number of aliphatic imine (C=N–C) groups is 4. The van der Waals surface area contributed by atoms with Gasteiger partial charge in [-0.1, -0.05) is 41.9 Å². The van der Waals surface area contributed by atoms with Crippen molar-refractivity contribution in [2.45, 2.75) is 25.7 Å². The van der Waals surface area contributed by atoms with E-state index in [9.17, 15) is 0 Å². The summed E-state index contributed by atoms with van der Waals surface area (Å²) in [5, 5.41) is 0. The fourth-order valence-electron chi connectivity index (χ4n) is 4.55. The molecule has 238 valence electrons. The lowest BCUT2D eigenvalue weighted by molar-refractivity contribution is 0.901. The summed E-state index contributed by atoms with van der Waals surface area (Å²) in [6.45, 7) is 1.90. The van der Waals surface area contributed by atoms with E-state index in [-0.39, 0.29) is 23.8 Å². The second-order valence-electron chi connectivity index (χ2n) is 10.3. The molecule has 0 unspecified atom stereocenters. The largest absolute Gasteiger partial charge is 0.370 e. The van der Waals surface area contributed by atoms with Crippen molar-refractivity contribution in [2.24, 2.45) is 65.8 Å². The molecule has 0 fully saturated rings. The third-order valence-electron chi connectivity index (χ3n) is 6.68. The Kier molecular flexibility index (Phi) is 13.3. The van der Waals surface area contributed by atoms with Gasteiger partial charge < -0.3 is 45.9 Å². The first-order valence-electron chi connectivity index (χ1n) is 14.7. The minimum Gasteiger partial charge on any atom is -0.370 e. The summed E-state index contributed by atoms with van der Waals surface area (Å²) in [5.74, 6) is 13.3. The molecule has 12 heteroatoms. The van der Waals surface area contributed by atoms with Gasteiger partial charge in [-0.15, -0.1) is 0 Å². The van der Waals surface area contributed by atoms with Gasteiger partial charge in [0.05, 0.1) is 0 Å². The van der Waals surface area contributed by atoms with E-state index in [1.807, 2.05) is 48.5 Å². The summed E-state index contributed by atoms with van der Waals surface area (Å²) >= 11 is 0. The molecule has 0 aliphatic carbocycles. The average Bonchev–Trinajstić information content (AvgIpc) is 3.00. The van der Waals surface area contributed by atoms with Gasteiger partial charge in [-0.05, 0) is 90.4 Å². The van der Waals surface area contributed by atoms with Crippen molar-refractivity contribution in [3.05, 3.63) is 105 Å². The Balaban J connectivity index is 1.81. The highest BCUT2D eigenvalue weighted by Crippen LogP contribution is 2.16. The van der Waals surface area contributed by atoms with Gasteiger partial charge in [0.15, 0.2) is 23.8 Å². The van der Waals surface area contributed by atoms with Crippen LogP contribution in [0.25, 0.3) is 0 Å². The minimum absolute atomic E-state index is 0.0563. The SMILES string of the molecule is NC(N)=NCCc1ccc(C#Cc2cccc(C#Cc3ccc(CCN=C(N)N)c(CCN=C(N)N)c3)c2)cc1CCN=C(N)N. The van der Waals surface area contributed by atoms with Gasteiger partial charge in [-0.3, -0.25) is 20.0 Å². The van der Waals surface area contributed by atoms with Crippen LogP contribution in [0.1, 0.15) is 44.5 Å². The molecule has 46 heavy (non-hydrogen) atoms. The molecular weight excluding hydrogens is 576 g/mol. The van der Waals surface area contributed by atoms with Crippen LogP contribution in [0.3, 0.4) is 0 Å². The van der Waals surface area contributed by atoms with E-state index in [2.05, 4.69) is 55.8 Å². The molecule has 0 spiro atoms. The number of guanidine groups is 4. The Bertz CT molecular complexity index is 1610. The molecule has 0 aliphatic rings. The van der Waals surface area contributed by atoms with Crippen LogP contribution in [0.5, 0.6) is 0 Å². The molecule has 0 radical (unpaired) electrons. The lowest BCUT2D eigenvalue weighted by Crippen LogP contribution is -2.23. The molecule has 0 atom stereocenters. The lowest BCUT2D eigenvalue weighted by atomic mass is 9.98. The Morgan fingerprint density at radius 1 is 0.391 bits per heavy atom. The molecule has 0 amide bonds. The average molecular weight is 619 g/mol. The molecule has 0 heterocycles. The smallest absolute Gasteiger partial charge is 0.185 e. The molecule has 0 saturated carbocycles. The van der Waals surface area contributed by atoms with Crippen molar-refractivity contribution in [1.82, 2.24) is 0 Å². The number of rotatable bonds is 12. The minimum atomic E-state index is 0.0563. The first-order valence-corrected chi connectivity index (χ1v) is 14.7. The summed E-state index contributed by atoms with van der Waals surface area (Å²) in [6.07, 6.45) is 2.68. The van der Waals surface area contributed by atoms with Crippen LogP contribution in [0.2, 0.25) is 0 Å². The van der Waals surface area contributed by atoms with Crippen LogP contribution in [0.15, 0.2) is 80.6 Å². The molecule has 0 aliphatic heterocycles. The zero-order valence-corrected chi connectivity index (χ0v) is 25.8. The van der Waals surface area contributed by atoms with Crippen molar-refractivity contribution < 1.29 is 0 Å². The van der Waals surface area contributed by atoms with Gasteiger partial charge in [0.2, 0.25) is 0 Å². The molecule has 0 bridgehead atoms. The Morgan fingerprint density at radius 3 is 1.02 bits per heavy atom. The van der Waals surface area contributed by atoms with E-state index in [0.29, 0.717) is 51.9 Å². The number of nitrogens with two attached hydrogens (primary N) is 8. The zero-order chi connectivity index (χ0) is 33.3. The highest BCUT2D eigenvalue weighted by atomic mass is 15.0. The van der Waals surface area contributed by atoms with Crippen molar-refractivity contribution in [3.63, 3.8) is 0 Å². The first-order chi connectivity index (χ1) is 22.1. The predicted octanol–water partition coefficient (Wildman–Crippen LogP) is -0.250. The van der Waals surface area contributed by atoms with E-state index >= 15 is 0 Å². The molecule has 3 rings (SSSR count). The molecule has 0 saturated heterocycles. The fraction of sp³-hybridized carbons (Fsp3) is 0.235. The fourth-order valence-corrected chi connectivity index (χ4v) is 4.55. The summed E-state index contributed by atoms with van der Waals surface area (Å²) < 4.78 is 0. The Morgan fingerprint density at radius 2 is 0.696 bits per heavy atom. The molecule has 3 aromatic rings. The number of nitrogens with zero attached hydrogens (tertiary/aromatic N) is 4. The standard InChI is InChI=1S/C34H42N12/c35-31(36)43-16-12-27-10-8-25(21-29(27)14-18-45-33(39)40)6-4-23-2-1-3-24(20-23)5-7-26-9-11-28(13-17-44-32(37)38)30(22-26)15-19-46-34(41)42/h1-3,8-11,20-22H,12-19H2,(H4,35,36,43)(H4,37,38,44)(H4,39,40,45)(H4,41,42,46). The monoisotopic (exact) mass is 618 g/mol. The van der Waals surface area contributed by atoms with Crippen molar-refractivity contribution >= 4 is 23.8 Å². The van der Waals surface area contributed by atoms with Crippen molar-refractivity contribution in [1.29, 1.82) is 0 Å². The number of hydrogen-bond acceptors (Lipinski definition) is 4. The summed E-state index contributed by atoms with van der Waals surface area (Å²) in [7, 11) is 0. The first kappa shape index (κ1) is 34.4. The van der Waals surface area contributed by atoms with Gasteiger partial charge in [0.1, 0.15) is 0 Å². The summed E-state index contributed by atoms with van der Waals surface area (Å²) in [4.78, 5) is 16.4. The van der Waals surface area contributed by atoms with Gasteiger partial charge >= 0.3 is 0 Å². The third-order valence-corrected chi connectivity index (χ3v) is 6.68. The van der Waals surface area contributed by atoms with Crippen molar-refractivity contribution in [2.75, 3.05) is 26.2 Å². The van der Waals surface area contributed by atoms with Crippen molar-refractivity contribution in [3.8, 4) is 23.7 Å². The van der Waals surface area contributed by atoms with Gasteiger partial charge in [0, 0.05) is 48.4 Å². The number of benzene rings is 3. The van der Waals surface area contributed by atoms with E-state index in [4.69, 9.17) is 45.9 Å². The molecule has 16 N–H and O–H groups in total. The highest BCUT2D eigenvalue weighted by Gasteiger charge is 2.06. The van der Waals surface area contributed by atoms with E-state index in [0.717, 1.165) is 44.5 Å². The van der Waals surface area contributed by atoms with Crippen LogP contribution < -0.4 is 45.9 Å².